The molecule has 1 N–H and O–H groups in total. The molecule has 1 fully saturated rings. The highest BCUT2D eigenvalue weighted by atomic mass is 32.1. The summed E-state index contributed by atoms with van der Waals surface area (Å²) in [6, 6.07) is 1.82. The number of piperazine rings is 1. The van der Waals surface area contributed by atoms with Crippen molar-refractivity contribution in [3.8, 4) is 0 Å². The standard InChI is InChI=1S/C13H14N2O4S/c1-14-6-12(17)15(7-11(14)16)5-10-4-9(8-20-10)2-3-13(18)19/h2-4,8H,5-7H2,1H3,(H,18,19)/b3-2+. The first-order chi connectivity index (χ1) is 9.45. The average molecular weight is 294 g/mol. The number of rotatable bonds is 4. The topological polar surface area (TPSA) is 77.9 Å². The molecule has 0 aliphatic carbocycles. The Morgan fingerprint density at radius 2 is 2.15 bits per heavy atom. The zero-order valence-corrected chi connectivity index (χ0v) is 11.7. The van der Waals surface area contributed by atoms with Crippen molar-refractivity contribution in [2.45, 2.75) is 6.54 Å². The van der Waals surface area contributed by atoms with Crippen molar-refractivity contribution < 1.29 is 19.5 Å². The van der Waals surface area contributed by atoms with Gasteiger partial charge in [0.15, 0.2) is 0 Å². The number of aliphatic carboxylic acids is 1. The van der Waals surface area contributed by atoms with Crippen LogP contribution in [0.1, 0.15) is 10.4 Å². The summed E-state index contributed by atoms with van der Waals surface area (Å²) < 4.78 is 0. The molecule has 2 rings (SSSR count). The predicted octanol–water partition coefficient (Wildman–Crippen LogP) is 0.646. The van der Waals surface area contributed by atoms with Gasteiger partial charge in [0.1, 0.15) is 6.54 Å². The number of carbonyl (C=O) groups is 3. The van der Waals surface area contributed by atoms with Gasteiger partial charge in [-0.3, -0.25) is 9.59 Å². The minimum atomic E-state index is -1.00. The molecule has 0 saturated carbocycles. The summed E-state index contributed by atoms with van der Waals surface area (Å²) in [5, 5.41) is 10.4. The fourth-order valence-electron chi connectivity index (χ4n) is 1.83. The van der Waals surface area contributed by atoms with E-state index in [4.69, 9.17) is 5.11 Å². The average Bonchev–Trinajstić information content (AvgIpc) is 2.81. The number of carboxylic acids is 1. The highest BCUT2D eigenvalue weighted by molar-refractivity contribution is 7.10. The van der Waals surface area contributed by atoms with Crippen LogP contribution in [-0.4, -0.2) is 52.8 Å². The number of thiophene rings is 1. The summed E-state index contributed by atoms with van der Waals surface area (Å²) in [4.78, 5) is 37.7. The molecular weight excluding hydrogens is 280 g/mol. The Kier molecular flexibility index (Phi) is 4.19. The van der Waals surface area contributed by atoms with E-state index in [9.17, 15) is 14.4 Å². The molecule has 0 bridgehead atoms. The maximum Gasteiger partial charge on any atom is 0.328 e. The van der Waals surface area contributed by atoms with Crippen molar-refractivity contribution in [1.82, 2.24) is 9.80 Å². The van der Waals surface area contributed by atoms with Crippen LogP contribution in [0, 0.1) is 0 Å². The molecule has 1 saturated heterocycles. The number of nitrogens with zero attached hydrogens (tertiary/aromatic N) is 2. The monoisotopic (exact) mass is 294 g/mol. The van der Waals surface area contributed by atoms with E-state index in [2.05, 4.69) is 0 Å². The third-order valence-electron chi connectivity index (χ3n) is 2.92. The minimum Gasteiger partial charge on any atom is -0.478 e. The first kappa shape index (κ1) is 14.3. The van der Waals surface area contributed by atoms with Crippen LogP contribution in [0.2, 0.25) is 0 Å². The number of hydrogen-bond acceptors (Lipinski definition) is 4. The Hall–Kier alpha value is -2.15. The Morgan fingerprint density at radius 3 is 2.85 bits per heavy atom. The number of likely N-dealkylation sites (N-methyl/N-ethyl adjacent to an activating group) is 1. The number of carbonyl (C=O) groups excluding carboxylic acids is 2. The van der Waals surface area contributed by atoms with Crippen LogP contribution in [0.4, 0.5) is 0 Å². The van der Waals surface area contributed by atoms with Crippen LogP contribution in [0.3, 0.4) is 0 Å². The molecular formula is C13H14N2O4S. The molecule has 0 unspecified atom stereocenters. The van der Waals surface area contributed by atoms with Gasteiger partial charge < -0.3 is 14.9 Å². The Bertz CT molecular complexity index is 579. The van der Waals surface area contributed by atoms with Gasteiger partial charge in [0.2, 0.25) is 11.8 Å². The first-order valence-corrected chi connectivity index (χ1v) is 6.84. The van der Waals surface area contributed by atoms with Crippen LogP contribution in [0.25, 0.3) is 6.08 Å². The fraction of sp³-hybridized carbons (Fsp3) is 0.308. The lowest BCUT2D eigenvalue weighted by Crippen LogP contribution is -2.51. The lowest BCUT2D eigenvalue weighted by Gasteiger charge is -2.31. The Labute approximate surface area is 119 Å². The van der Waals surface area contributed by atoms with Gasteiger partial charge >= 0.3 is 5.97 Å². The van der Waals surface area contributed by atoms with E-state index in [0.29, 0.717) is 6.54 Å². The molecule has 1 aliphatic rings. The third kappa shape index (κ3) is 3.45. The molecule has 1 aromatic rings. The van der Waals surface area contributed by atoms with Crippen LogP contribution in [0.15, 0.2) is 17.5 Å². The molecule has 2 amide bonds. The maximum absolute atomic E-state index is 11.8. The molecule has 20 heavy (non-hydrogen) atoms. The van der Waals surface area contributed by atoms with E-state index in [1.54, 1.807) is 7.05 Å². The van der Waals surface area contributed by atoms with Gasteiger partial charge in [0.25, 0.3) is 0 Å². The zero-order chi connectivity index (χ0) is 14.7. The van der Waals surface area contributed by atoms with Gasteiger partial charge in [-0.05, 0) is 23.1 Å². The maximum atomic E-state index is 11.8. The van der Waals surface area contributed by atoms with Crippen molar-refractivity contribution in [2.24, 2.45) is 0 Å². The molecule has 0 spiro atoms. The third-order valence-corrected chi connectivity index (χ3v) is 3.86. The molecule has 106 valence electrons. The molecule has 6 nitrogen and oxygen atoms in total. The zero-order valence-electron chi connectivity index (χ0n) is 10.9. The predicted molar refractivity (Wildman–Crippen MR) is 74.0 cm³/mol. The number of amides is 2. The number of hydrogen-bond donors (Lipinski definition) is 1. The smallest absolute Gasteiger partial charge is 0.328 e. The van der Waals surface area contributed by atoms with Gasteiger partial charge in [-0.1, -0.05) is 0 Å². The molecule has 7 heteroatoms. The summed E-state index contributed by atoms with van der Waals surface area (Å²) in [5.74, 6) is -1.16. The summed E-state index contributed by atoms with van der Waals surface area (Å²) in [7, 11) is 1.61. The van der Waals surface area contributed by atoms with Crippen LogP contribution in [-0.2, 0) is 20.9 Å². The Balaban J connectivity index is 2.01. The molecule has 0 aromatic carbocycles. The fourth-order valence-corrected chi connectivity index (χ4v) is 2.70. The van der Waals surface area contributed by atoms with E-state index in [1.165, 1.54) is 27.2 Å². The lowest BCUT2D eigenvalue weighted by molar-refractivity contribution is -0.149. The van der Waals surface area contributed by atoms with E-state index in [0.717, 1.165) is 16.5 Å². The van der Waals surface area contributed by atoms with Crippen LogP contribution >= 0.6 is 11.3 Å². The first-order valence-electron chi connectivity index (χ1n) is 5.96. The second-order valence-electron chi connectivity index (χ2n) is 4.52. The quantitative estimate of drug-likeness (QED) is 0.827. The van der Waals surface area contributed by atoms with E-state index < -0.39 is 5.97 Å². The normalized spacial score (nSPS) is 16.2. The summed E-state index contributed by atoms with van der Waals surface area (Å²) >= 11 is 1.44. The van der Waals surface area contributed by atoms with Crippen LogP contribution < -0.4 is 0 Å². The van der Waals surface area contributed by atoms with Gasteiger partial charge in [0.05, 0.1) is 13.1 Å². The van der Waals surface area contributed by atoms with Gasteiger partial charge in [0, 0.05) is 18.0 Å². The molecule has 0 atom stereocenters. The van der Waals surface area contributed by atoms with E-state index in [1.807, 2.05) is 11.4 Å². The second kappa shape index (κ2) is 5.87. The van der Waals surface area contributed by atoms with Crippen molar-refractivity contribution in [2.75, 3.05) is 20.1 Å². The van der Waals surface area contributed by atoms with Crippen molar-refractivity contribution in [3.63, 3.8) is 0 Å². The van der Waals surface area contributed by atoms with Crippen LogP contribution in [0.5, 0.6) is 0 Å². The van der Waals surface area contributed by atoms with Gasteiger partial charge in [-0.25, -0.2) is 4.79 Å². The summed E-state index contributed by atoms with van der Waals surface area (Å²) in [6.45, 7) is 0.577. The number of carboxylic acid groups (broad SMARTS) is 1. The largest absolute Gasteiger partial charge is 0.478 e. The van der Waals surface area contributed by atoms with Crippen molar-refractivity contribution in [1.29, 1.82) is 0 Å². The van der Waals surface area contributed by atoms with Crippen molar-refractivity contribution in [3.05, 3.63) is 28.0 Å². The second-order valence-corrected chi connectivity index (χ2v) is 5.51. The van der Waals surface area contributed by atoms with E-state index >= 15 is 0 Å². The minimum absolute atomic E-state index is 0.0767. The molecule has 0 radical (unpaired) electrons. The molecule has 1 aliphatic heterocycles. The summed E-state index contributed by atoms with van der Waals surface area (Å²) in [5.41, 5.74) is 0.778. The Morgan fingerprint density at radius 1 is 1.40 bits per heavy atom. The highest BCUT2D eigenvalue weighted by Gasteiger charge is 2.27. The lowest BCUT2D eigenvalue weighted by atomic mass is 10.2. The van der Waals surface area contributed by atoms with Gasteiger partial charge in [-0.15, -0.1) is 11.3 Å². The molecule has 2 heterocycles. The highest BCUT2D eigenvalue weighted by Crippen LogP contribution is 2.19. The SMILES string of the molecule is CN1CC(=O)N(Cc2cc(/C=C/C(=O)O)cs2)CC1=O. The van der Waals surface area contributed by atoms with E-state index in [-0.39, 0.29) is 24.9 Å². The summed E-state index contributed by atoms with van der Waals surface area (Å²) in [6.07, 6.45) is 2.57. The molecule has 1 aromatic heterocycles. The van der Waals surface area contributed by atoms with Gasteiger partial charge in [-0.2, -0.15) is 0 Å². The van der Waals surface area contributed by atoms with Crippen molar-refractivity contribution >= 4 is 35.2 Å².